The van der Waals surface area contributed by atoms with Crippen LogP contribution in [0.5, 0.6) is 0 Å². The molecule has 82 valence electrons. The highest BCUT2D eigenvalue weighted by molar-refractivity contribution is 7.71. The summed E-state index contributed by atoms with van der Waals surface area (Å²) in [6.45, 7) is 0.595. The number of aromatic amines is 1. The van der Waals surface area contributed by atoms with Gasteiger partial charge in [0, 0.05) is 6.54 Å². The Balaban J connectivity index is 1.99. The summed E-state index contributed by atoms with van der Waals surface area (Å²) in [7, 11) is 0. The minimum atomic E-state index is -0.231. The van der Waals surface area contributed by atoms with E-state index in [1.165, 1.54) is 12.1 Å². The highest BCUT2D eigenvalue weighted by Gasteiger charge is 1.95. The predicted octanol–water partition coefficient (Wildman–Crippen LogP) is 2.89. The molecule has 0 radical (unpaired) electrons. The highest BCUT2D eigenvalue weighted by atomic mass is 32.1. The summed E-state index contributed by atoms with van der Waals surface area (Å²) in [5.74, 6) is 0.476. The summed E-state index contributed by atoms with van der Waals surface area (Å²) in [4.78, 5) is 0. The summed E-state index contributed by atoms with van der Waals surface area (Å²) < 4.78 is 13.2. The van der Waals surface area contributed by atoms with Gasteiger partial charge in [-0.05, 0) is 29.8 Å². The van der Waals surface area contributed by atoms with Gasteiger partial charge in [0.2, 0.25) is 0 Å². The first-order chi connectivity index (χ1) is 7.74. The van der Waals surface area contributed by atoms with Gasteiger partial charge in [0.25, 0.3) is 0 Å². The van der Waals surface area contributed by atoms with Crippen LogP contribution in [-0.4, -0.2) is 10.2 Å². The fourth-order valence-electron chi connectivity index (χ4n) is 1.24. The van der Waals surface area contributed by atoms with Crippen LogP contribution in [0, 0.1) is 10.5 Å². The number of hydrogen-bond donors (Lipinski definition) is 2. The highest BCUT2D eigenvalue weighted by Crippen LogP contribution is 2.06. The summed E-state index contributed by atoms with van der Waals surface area (Å²) in [6, 6.07) is 9.88. The molecule has 2 rings (SSSR count). The number of benzene rings is 1. The molecule has 0 saturated carbocycles. The largest absolute Gasteiger partial charge is 0.365 e. The van der Waals surface area contributed by atoms with Crippen molar-refractivity contribution in [3.8, 4) is 0 Å². The summed E-state index contributed by atoms with van der Waals surface area (Å²) in [6.07, 6.45) is 0. The van der Waals surface area contributed by atoms with Gasteiger partial charge in [0.1, 0.15) is 16.3 Å². The van der Waals surface area contributed by atoms with Crippen molar-refractivity contribution in [2.24, 2.45) is 0 Å². The van der Waals surface area contributed by atoms with Gasteiger partial charge in [-0.25, -0.2) is 4.39 Å². The number of aromatic nitrogens is 2. The van der Waals surface area contributed by atoms with Gasteiger partial charge in [-0.3, -0.25) is 5.10 Å². The van der Waals surface area contributed by atoms with E-state index in [1.807, 2.05) is 0 Å². The van der Waals surface area contributed by atoms with Crippen LogP contribution in [0.3, 0.4) is 0 Å². The first-order valence-corrected chi connectivity index (χ1v) is 5.19. The van der Waals surface area contributed by atoms with Crippen LogP contribution in [0.15, 0.2) is 36.4 Å². The van der Waals surface area contributed by atoms with E-state index in [0.29, 0.717) is 17.0 Å². The van der Waals surface area contributed by atoms with Crippen LogP contribution >= 0.6 is 12.2 Å². The van der Waals surface area contributed by atoms with E-state index >= 15 is 0 Å². The Bertz CT molecular complexity index is 501. The molecule has 0 aliphatic heterocycles. The molecule has 2 N–H and O–H groups in total. The average Bonchev–Trinajstić information content (AvgIpc) is 2.30. The van der Waals surface area contributed by atoms with Gasteiger partial charge in [-0.1, -0.05) is 24.4 Å². The van der Waals surface area contributed by atoms with Gasteiger partial charge >= 0.3 is 0 Å². The van der Waals surface area contributed by atoms with E-state index in [4.69, 9.17) is 12.2 Å². The maximum absolute atomic E-state index is 12.6. The third kappa shape index (κ3) is 2.87. The molecule has 0 aliphatic carbocycles. The Hall–Kier alpha value is -1.75. The Morgan fingerprint density at radius 3 is 2.56 bits per heavy atom. The molecule has 0 unspecified atom stereocenters. The fourth-order valence-corrected chi connectivity index (χ4v) is 1.35. The molecule has 0 spiro atoms. The van der Waals surface area contributed by atoms with Crippen LogP contribution in [0.25, 0.3) is 0 Å². The van der Waals surface area contributed by atoms with Gasteiger partial charge in [0.05, 0.1) is 0 Å². The monoisotopic (exact) mass is 235 g/mol. The lowest BCUT2D eigenvalue weighted by Crippen LogP contribution is -2.01. The van der Waals surface area contributed by atoms with Crippen LogP contribution < -0.4 is 5.32 Å². The van der Waals surface area contributed by atoms with Crippen molar-refractivity contribution in [1.82, 2.24) is 10.2 Å². The normalized spacial score (nSPS) is 10.1. The van der Waals surface area contributed by atoms with E-state index in [9.17, 15) is 4.39 Å². The molecule has 5 heteroatoms. The predicted molar refractivity (Wildman–Crippen MR) is 63.1 cm³/mol. The summed E-state index contributed by atoms with van der Waals surface area (Å²) in [5, 5.41) is 9.78. The van der Waals surface area contributed by atoms with Gasteiger partial charge < -0.3 is 5.32 Å². The molecular formula is C11H10FN3S. The van der Waals surface area contributed by atoms with Crippen molar-refractivity contribution < 1.29 is 4.39 Å². The van der Waals surface area contributed by atoms with Crippen molar-refractivity contribution in [3.63, 3.8) is 0 Å². The topological polar surface area (TPSA) is 40.7 Å². The maximum atomic E-state index is 12.6. The molecule has 1 heterocycles. The molecule has 2 aromatic rings. The molecule has 3 nitrogen and oxygen atoms in total. The summed E-state index contributed by atoms with van der Waals surface area (Å²) in [5.41, 5.74) is 0.991. The minimum absolute atomic E-state index is 0.231. The first-order valence-electron chi connectivity index (χ1n) is 4.78. The smallest absolute Gasteiger partial charge is 0.146 e. The quantitative estimate of drug-likeness (QED) is 0.804. The Morgan fingerprint density at radius 2 is 1.94 bits per heavy atom. The van der Waals surface area contributed by atoms with E-state index < -0.39 is 0 Å². The third-order valence-electron chi connectivity index (χ3n) is 2.07. The second-order valence-electron chi connectivity index (χ2n) is 3.29. The third-order valence-corrected chi connectivity index (χ3v) is 2.29. The molecular weight excluding hydrogens is 225 g/mol. The van der Waals surface area contributed by atoms with E-state index in [0.717, 1.165) is 5.56 Å². The lowest BCUT2D eigenvalue weighted by molar-refractivity contribution is 0.627. The van der Waals surface area contributed by atoms with E-state index in [1.54, 1.807) is 24.3 Å². The van der Waals surface area contributed by atoms with Gasteiger partial charge in [-0.2, -0.15) is 5.10 Å². The molecule has 1 aromatic heterocycles. The van der Waals surface area contributed by atoms with Crippen LogP contribution in [0.2, 0.25) is 0 Å². The number of rotatable bonds is 3. The van der Waals surface area contributed by atoms with Crippen molar-refractivity contribution in [1.29, 1.82) is 0 Å². The van der Waals surface area contributed by atoms with Crippen molar-refractivity contribution in [2.75, 3.05) is 5.32 Å². The maximum Gasteiger partial charge on any atom is 0.146 e. The van der Waals surface area contributed by atoms with E-state index in [-0.39, 0.29) is 5.82 Å². The van der Waals surface area contributed by atoms with Crippen LogP contribution in [0.4, 0.5) is 10.2 Å². The van der Waals surface area contributed by atoms with Crippen molar-refractivity contribution >= 4 is 18.0 Å². The number of hydrogen-bond acceptors (Lipinski definition) is 3. The Kier molecular flexibility index (Phi) is 3.26. The second kappa shape index (κ2) is 4.85. The van der Waals surface area contributed by atoms with Crippen molar-refractivity contribution in [2.45, 2.75) is 6.54 Å². The Labute approximate surface area is 97.3 Å². The molecule has 16 heavy (non-hydrogen) atoms. The number of anilines is 1. The molecule has 0 amide bonds. The van der Waals surface area contributed by atoms with Gasteiger partial charge in [0.15, 0.2) is 0 Å². The Morgan fingerprint density at radius 1 is 1.19 bits per heavy atom. The van der Waals surface area contributed by atoms with E-state index in [2.05, 4.69) is 15.5 Å². The number of nitrogens with zero attached hydrogens (tertiary/aromatic N) is 1. The lowest BCUT2D eigenvalue weighted by atomic mass is 10.2. The van der Waals surface area contributed by atoms with Crippen molar-refractivity contribution in [3.05, 3.63) is 52.4 Å². The average molecular weight is 235 g/mol. The standard InChI is InChI=1S/C11H10FN3S/c12-9-3-1-8(2-4-9)7-13-10-5-6-11(16)15-14-10/h1-6H,7H2,(H,13,14)(H,15,16). The minimum Gasteiger partial charge on any atom is -0.365 e. The zero-order chi connectivity index (χ0) is 11.4. The molecule has 0 aliphatic rings. The van der Waals surface area contributed by atoms with Crippen LogP contribution in [-0.2, 0) is 6.54 Å². The molecule has 0 atom stereocenters. The van der Waals surface area contributed by atoms with Crippen LogP contribution in [0.1, 0.15) is 5.56 Å². The first kappa shape index (κ1) is 10.8. The number of nitrogens with one attached hydrogen (secondary N) is 2. The molecule has 0 fully saturated rings. The SMILES string of the molecule is Fc1ccc(CNc2ccc(=S)[nH]n2)cc1. The number of halogens is 1. The zero-order valence-electron chi connectivity index (χ0n) is 8.40. The molecule has 0 bridgehead atoms. The lowest BCUT2D eigenvalue weighted by Gasteiger charge is -2.04. The summed E-state index contributed by atoms with van der Waals surface area (Å²) >= 11 is 4.88. The molecule has 1 aromatic carbocycles. The zero-order valence-corrected chi connectivity index (χ0v) is 9.22. The van der Waals surface area contributed by atoms with Gasteiger partial charge in [-0.15, -0.1) is 0 Å². The number of H-pyrrole nitrogens is 1. The second-order valence-corrected chi connectivity index (χ2v) is 3.73. The fraction of sp³-hybridized carbons (Fsp3) is 0.0909. The molecule has 0 saturated heterocycles.